The van der Waals surface area contributed by atoms with Crippen molar-refractivity contribution in [1.29, 1.82) is 0 Å². The number of phenolic OH excluding ortho intramolecular Hbond substituents is 3. The van der Waals surface area contributed by atoms with E-state index in [0.29, 0.717) is 0 Å². The minimum absolute atomic E-state index is 0.0619. The number of hydrogen-bond donors (Lipinski definition) is 7. The first kappa shape index (κ1) is 21.9. The number of ether oxygens (including phenoxy) is 2. The standard InChI is InChI=1S/C21H20O11/c22-7-12(26)19-16(28)17(29)21(31-19)32-20-15(27)14-11(25)5-10(24)6-13(14)30-18(20)8-1-3-9(23)4-2-8/h1-6,12,16-17,19,21-26,28-29H,7H2/t12-,16-,17-,19-,21+/m0/s1. The predicted molar refractivity (Wildman–Crippen MR) is 107 cm³/mol. The molecule has 0 saturated carbocycles. The van der Waals surface area contributed by atoms with Crippen LogP contribution in [0.5, 0.6) is 23.0 Å². The van der Waals surface area contributed by atoms with E-state index in [4.69, 9.17) is 19.0 Å². The van der Waals surface area contributed by atoms with Gasteiger partial charge in [0.05, 0.1) is 6.61 Å². The van der Waals surface area contributed by atoms with Crippen molar-refractivity contribution in [2.45, 2.75) is 30.7 Å². The molecule has 4 rings (SSSR count). The second-order valence-electron chi connectivity index (χ2n) is 7.29. The van der Waals surface area contributed by atoms with Crippen LogP contribution in [0.4, 0.5) is 0 Å². The molecule has 0 bridgehead atoms. The van der Waals surface area contributed by atoms with Crippen molar-refractivity contribution in [2.24, 2.45) is 0 Å². The molecule has 1 saturated heterocycles. The number of phenols is 3. The van der Waals surface area contributed by atoms with Gasteiger partial charge in [-0.3, -0.25) is 4.79 Å². The van der Waals surface area contributed by atoms with E-state index in [9.17, 15) is 35.4 Å². The summed E-state index contributed by atoms with van der Waals surface area (Å²) in [5.41, 5.74) is -0.771. The quantitative estimate of drug-likeness (QED) is 0.272. The fraction of sp³-hybridized carbons (Fsp3) is 0.286. The molecule has 0 unspecified atom stereocenters. The Kier molecular flexibility index (Phi) is 5.67. The fourth-order valence-electron chi connectivity index (χ4n) is 3.49. The summed E-state index contributed by atoms with van der Waals surface area (Å²) < 4.78 is 16.6. The number of aromatic hydroxyl groups is 3. The monoisotopic (exact) mass is 448 g/mol. The van der Waals surface area contributed by atoms with Gasteiger partial charge in [0, 0.05) is 17.7 Å². The topological polar surface area (TPSA) is 190 Å². The predicted octanol–water partition coefficient (Wildman–Crippen LogP) is -0.244. The number of fused-ring (bicyclic) bond motifs is 1. The third-order valence-corrected chi connectivity index (χ3v) is 5.10. The molecular weight excluding hydrogens is 428 g/mol. The third kappa shape index (κ3) is 3.72. The Hall–Kier alpha value is -3.35. The van der Waals surface area contributed by atoms with Crippen molar-refractivity contribution >= 4 is 11.0 Å². The highest BCUT2D eigenvalue weighted by Gasteiger charge is 2.47. The largest absolute Gasteiger partial charge is 0.508 e. The second kappa shape index (κ2) is 8.30. The van der Waals surface area contributed by atoms with Crippen LogP contribution >= 0.6 is 0 Å². The molecule has 5 atom stereocenters. The first-order chi connectivity index (χ1) is 15.2. The van der Waals surface area contributed by atoms with E-state index in [2.05, 4.69) is 0 Å². The molecule has 7 N–H and O–H groups in total. The Morgan fingerprint density at radius 3 is 2.34 bits per heavy atom. The van der Waals surface area contributed by atoms with Crippen molar-refractivity contribution in [2.75, 3.05) is 6.61 Å². The smallest absolute Gasteiger partial charge is 0.239 e. The van der Waals surface area contributed by atoms with Gasteiger partial charge < -0.3 is 49.6 Å². The van der Waals surface area contributed by atoms with Gasteiger partial charge in [-0.05, 0) is 24.3 Å². The first-order valence-electron chi connectivity index (χ1n) is 9.50. The number of rotatable bonds is 5. The van der Waals surface area contributed by atoms with Gasteiger partial charge in [-0.25, -0.2) is 0 Å². The molecule has 1 aromatic heterocycles. The summed E-state index contributed by atoms with van der Waals surface area (Å²) in [5, 5.41) is 68.5. The maximum atomic E-state index is 13.2. The van der Waals surface area contributed by atoms with E-state index < -0.39 is 54.2 Å². The molecule has 11 heteroatoms. The van der Waals surface area contributed by atoms with Gasteiger partial charge in [-0.2, -0.15) is 0 Å². The maximum absolute atomic E-state index is 13.2. The van der Waals surface area contributed by atoms with Gasteiger partial charge in [-0.1, -0.05) is 0 Å². The molecule has 2 heterocycles. The molecule has 3 aromatic rings. The number of aliphatic hydroxyl groups is 4. The summed E-state index contributed by atoms with van der Waals surface area (Å²) in [6.07, 6.45) is -7.87. The summed E-state index contributed by atoms with van der Waals surface area (Å²) in [5.74, 6) is -1.68. The molecule has 2 aromatic carbocycles. The van der Waals surface area contributed by atoms with Crippen LogP contribution in [0.1, 0.15) is 0 Å². The minimum Gasteiger partial charge on any atom is -0.508 e. The molecule has 170 valence electrons. The van der Waals surface area contributed by atoms with Gasteiger partial charge in [0.15, 0.2) is 5.76 Å². The summed E-state index contributed by atoms with van der Waals surface area (Å²) >= 11 is 0. The molecular formula is C21H20O11. The first-order valence-corrected chi connectivity index (χ1v) is 9.50. The zero-order valence-corrected chi connectivity index (χ0v) is 16.3. The van der Waals surface area contributed by atoms with Gasteiger partial charge in [0.1, 0.15) is 52.6 Å². The Morgan fingerprint density at radius 2 is 1.69 bits per heavy atom. The van der Waals surface area contributed by atoms with E-state index >= 15 is 0 Å². The van der Waals surface area contributed by atoms with Crippen molar-refractivity contribution in [3.8, 4) is 34.3 Å². The Bertz CT molecular complexity index is 1190. The molecule has 0 spiro atoms. The number of hydrogen-bond acceptors (Lipinski definition) is 11. The highest BCUT2D eigenvalue weighted by Crippen LogP contribution is 2.37. The lowest BCUT2D eigenvalue weighted by atomic mass is 10.1. The summed E-state index contributed by atoms with van der Waals surface area (Å²) in [4.78, 5) is 13.2. The van der Waals surface area contributed by atoms with Crippen LogP contribution in [0.3, 0.4) is 0 Å². The van der Waals surface area contributed by atoms with Crippen molar-refractivity contribution < 1.29 is 49.6 Å². The van der Waals surface area contributed by atoms with Gasteiger partial charge in [0.2, 0.25) is 17.5 Å². The molecule has 0 radical (unpaired) electrons. The van der Waals surface area contributed by atoms with Gasteiger partial charge >= 0.3 is 0 Å². The molecule has 32 heavy (non-hydrogen) atoms. The molecule has 1 aliphatic heterocycles. The molecule has 0 amide bonds. The Balaban J connectivity index is 1.86. The highest BCUT2D eigenvalue weighted by molar-refractivity contribution is 5.88. The van der Waals surface area contributed by atoms with Gasteiger partial charge in [0.25, 0.3) is 0 Å². The van der Waals surface area contributed by atoms with E-state index in [0.717, 1.165) is 12.1 Å². The zero-order chi connectivity index (χ0) is 23.2. The normalized spacial score (nSPS) is 24.0. The van der Waals surface area contributed by atoms with E-state index in [1.54, 1.807) is 0 Å². The van der Waals surface area contributed by atoms with E-state index in [-0.39, 0.29) is 33.8 Å². The lowest BCUT2D eigenvalue weighted by Gasteiger charge is -2.19. The summed E-state index contributed by atoms with van der Waals surface area (Å²) in [6.45, 7) is -0.755. The van der Waals surface area contributed by atoms with Crippen LogP contribution in [0.15, 0.2) is 45.6 Å². The van der Waals surface area contributed by atoms with Gasteiger partial charge in [-0.15, -0.1) is 0 Å². The minimum atomic E-state index is -1.70. The summed E-state index contributed by atoms with van der Waals surface area (Å²) in [6, 6.07) is 7.51. The van der Waals surface area contributed by atoms with E-state index in [1.807, 2.05) is 0 Å². The Labute approximate surface area is 179 Å². The zero-order valence-electron chi connectivity index (χ0n) is 16.3. The molecule has 11 nitrogen and oxygen atoms in total. The number of benzene rings is 2. The second-order valence-corrected chi connectivity index (χ2v) is 7.29. The average molecular weight is 448 g/mol. The third-order valence-electron chi connectivity index (χ3n) is 5.10. The van der Waals surface area contributed by atoms with Crippen molar-refractivity contribution in [3.05, 3.63) is 46.6 Å². The lowest BCUT2D eigenvalue weighted by molar-refractivity contribution is -0.137. The van der Waals surface area contributed by atoms with Crippen LogP contribution in [-0.2, 0) is 4.74 Å². The SMILES string of the molecule is O=c1c(O[C@H]2O[C@@H]([C@@H](O)CO)[C@@H](O)[C@@H]2O)c(-c2ccc(O)cc2)oc2cc(O)cc(O)c12. The van der Waals surface area contributed by atoms with Crippen molar-refractivity contribution in [3.63, 3.8) is 0 Å². The van der Waals surface area contributed by atoms with Crippen LogP contribution in [0, 0.1) is 0 Å². The van der Waals surface area contributed by atoms with Crippen LogP contribution in [0.25, 0.3) is 22.3 Å². The van der Waals surface area contributed by atoms with E-state index in [1.165, 1.54) is 24.3 Å². The molecule has 0 aliphatic carbocycles. The van der Waals surface area contributed by atoms with Crippen LogP contribution in [0.2, 0.25) is 0 Å². The fourth-order valence-corrected chi connectivity index (χ4v) is 3.49. The van der Waals surface area contributed by atoms with Crippen LogP contribution in [-0.4, -0.2) is 73.1 Å². The van der Waals surface area contributed by atoms with Crippen LogP contribution < -0.4 is 10.2 Å². The Morgan fingerprint density at radius 1 is 1.00 bits per heavy atom. The van der Waals surface area contributed by atoms with Crippen molar-refractivity contribution in [1.82, 2.24) is 0 Å². The lowest BCUT2D eigenvalue weighted by Crippen LogP contribution is -2.40. The maximum Gasteiger partial charge on any atom is 0.239 e. The molecule has 1 aliphatic rings. The molecule has 1 fully saturated rings. The highest BCUT2D eigenvalue weighted by atomic mass is 16.7. The summed E-state index contributed by atoms with van der Waals surface area (Å²) in [7, 11) is 0. The average Bonchev–Trinajstić information content (AvgIpc) is 3.03. The number of aliphatic hydroxyl groups excluding tert-OH is 4.